The second kappa shape index (κ2) is 9.69. The minimum atomic E-state index is -0.568. The summed E-state index contributed by atoms with van der Waals surface area (Å²) in [5, 5.41) is 10.9. The van der Waals surface area contributed by atoms with Crippen molar-refractivity contribution in [2.75, 3.05) is 39.6 Å². The molecule has 0 bridgehead atoms. The highest BCUT2D eigenvalue weighted by molar-refractivity contribution is 5.77. The van der Waals surface area contributed by atoms with Crippen molar-refractivity contribution in [1.29, 1.82) is 0 Å². The Labute approximate surface area is 189 Å². The fraction of sp³-hybridized carbons (Fsp3) is 0.538. The Morgan fingerprint density at radius 1 is 0.875 bits per heavy atom. The number of rotatable bonds is 2. The SMILES string of the molecule is CC1c2ccccc2-c2cc3c(cc2OCC(O)CC1CC1COCCO1)OCCCO3. The molecular formula is C26H32O6. The van der Waals surface area contributed by atoms with Gasteiger partial charge in [0, 0.05) is 18.1 Å². The van der Waals surface area contributed by atoms with E-state index < -0.39 is 6.10 Å². The fourth-order valence-corrected chi connectivity index (χ4v) is 5.03. The Bertz CT molecular complexity index is 923. The van der Waals surface area contributed by atoms with E-state index in [0.29, 0.717) is 45.2 Å². The first-order valence-corrected chi connectivity index (χ1v) is 11.7. The van der Waals surface area contributed by atoms with Crippen LogP contribution in [0.3, 0.4) is 0 Å². The van der Waals surface area contributed by atoms with Crippen molar-refractivity contribution in [2.24, 2.45) is 5.92 Å². The lowest BCUT2D eigenvalue weighted by molar-refractivity contribution is -0.0985. The Kier molecular flexibility index (Phi) is 6.53. The number of fused-ring (bicyclic) bond motifs is 4. The first kappa shape index (κ1) is 21.6. The van der Waals surface area contributed by atoms with Crippen LogP contribution in [0.2, 0.25) is 0 Å². The maximum Gasteiger partial charge on any atom is 0.164 e. The second-order valence-corrected chi connectivity index (χ2v) is 8.99. The van der Waals surface area contributed by atoms with Crippen molar-refractivity contribution in [3.05, 3.63) is 42.0 Å². The van der Waals surface area contributed by atoms with Crippen LogP contribution in [0.1, 0.15) is 37.7 Å². The lowest BCUT2D eigenvalue weighted by atomic mass is 9.77. The summed E-state index contributed by atoms with van der Waals surface area (Å²) in [7, 11) is 0. The van der Waals surface area contributed by atoms with E-state index in [0.717, 1.165) is 35.5 Å². The predicted molar refractivity (Wildman–Crippen MR) is 121 cm³/mol. The van der Waals surface area contributed by atoms with Gasteiger partial charge >= 0.3 is 0 Å². The third kappa shape index (κ3) is 4.58. The molecule has 4 unspecified atom stereocenters. The summed E-state index contributed by atoms with van der Waals surface area (Å²) >= 11 is 0. The minimum absolute atomic E-state index is 0.0630. The van der Waals surface area contributed by atoms with Gasteiger partial charge in [0.15, 0.2) is 11.5 Å². The van der Waals surface area contributed by atoms with E-state index in [1.54, 1.807) is 0 Å². The van der Waals surface area contributed by atoms with Gasteiger partial charge < -0.3 is 28.8 Å². The van der Waals surface area contributed by atoms with Gasteiger partial charge in [-0.3, -0.25) is 0 Å². The average Bonchev–Trinajstić information content (AvgIpc) is 3.06. The molecule has 0 spiro atoms. The fourth-order valence-electron chi connectivity index (χ4n) is 5.03. The minimum Gasteiger partial charge on any atom is -0.490 e. The smallest absolute Gasteiger partial charge is 0.164 e. The highest BCUT2D eigenvalue weighted by Crippen LogP contribution is 2.46. The zero-order valence-electron chi connectivity index (χ0n) is 18.6. The number of benzene rings is 2. The largest absolute Gasteiger partial charge is 0.490 e. The number of aliphatic hydroxyl groups excluding tert-OH is 1. The lowest BCUT2D eigenvalue weighted by Gasteiger charge is -2.33. The zero-order chi connectivity index (χ0) is 21.9. The normalized spacial score (nSPS) is 27.9. The highest BCUT2D eigenvalue weighted by atomic mass is 16.6. The summed E-state index contributed by atoms with van der Waals surface area (Å²) < 4.78 is 29.6. The zero-order valence-corrected chi connectivity index (χ0v) is 18.6. The Balaban J connectivity index is 1.55. The van der Waals surface area contributed by atoms with E-state index in [1.165, 1.54) is 5.56 Å². The molecule has 3 aliphatic heterocycles. The van der Waals surface area contributed by atoms with Crippen molar-refractivity contribution in [1.82, 2.24) is 0 Å². The molecule has 32 heavy (non-hydrogen) atoms. The van der Waals surface area contributed by atoms with Crippen molar-refractivity contribution >= 4 is 0 Å². The monoisotopic (exact) mass is 440 g/mol. The van der Waals surface area contributed by atoms with Gasteiger partial charge in [-0.15, -0.1) is 0 Å². The average molecular weight is 441 g/mol. The third-order valence-corrected chi connectivity index (χ3v) is 6.76. The molecule has 0 saturated carbocycles. The summed E-state index contributed by atoms with van der Waals surface area (Å²) in [6.07, 6.45) is 1.84. The molecule has 0 amide bonds. The van der Waals surface area contributed by atoms with Gasteiger partial charge in [-0.25, -0.2) is 0 Å². The molecule has 2 aromatic rings. The molecule has 3 heterocycles. The van der Waals surface area contributed by atoms with Gasteiger partial charge in [-0.05, 0) is 41.9 Å². The molecule has 1 N–H and O–H groups in total. The van der Waals surface area contributed by atoms with E-state index in [1.807, 2.05) is 12.1 Å². The highest BCUT2D eigenvalue weighted by Gasteiger charge is 2.31. The van der Waals surface area contributed by atoms with Crippen molar-refractivity contribution in [2.45, 2.75) is 44.3 Å². The summed E-state index contributed by atoms with van der Waals surface area (Å²) in [4.78, 5) is 0. The summed E-state index contributed by atoms with van der Waals surface area (Å²) in [6.45, 7) is 5.65. The lowest BCUT2D eigenvalue weighted by Crippen LogP contribution is -2.33. The number of ether oxygens (including phenoxy) is 5. The molecule has 6 heteroatoms. The van der Waals surface area contributed by atoms with Gasteiger partial charge in [0.2, 0.25) is 0 Å². The molecule has 0 aromatic heterocycles. The summed E-state index contributed by atoms with van der Waals surface area (Å²) in [5.74, 6) is 2.63. The first-order chi connectivity index (χ1) is 15.7. The Morgan fingerprint density at radius 3 is 2.50 bits per heavy atom. The van der Waals surface area contributed by atoms with Crippen molar-refractivity contribution in [3.63, 3.8) is 0 Å². The third-order valence-electron chi connectivity index (χ3n) is 6.76. The van der Waals surface area contributed by atoms with Crippen LogP contribution in [0.25, 0.3) is 11.1 Å². The van der Waals surface area contributed by atoms with Crippen LogP contribution in [0.5, 0.6) is 17.2 Å². The topological polar surface area (TPSA) is 66.4 Å². The van der Waals surface area contributed by atoms with Crippen LogP contribution in [0.15, 0.2) is 36.4 Å². The molecule has 3 aliphatic rings. The van der Waals surface area contributed by atoms with Crippen LogP contribution in [0.4, 0.5) is 0 Å². The Hall–Kier alpha value is -2.28. The molecule has 172 valence electrons. The molecule has 5 rings (SSSR count). The first-order valence-electron chi connectivity index (χ1n) is 11.7. The number of hydrogen-bond acceptors (Lipinski definition) is 6. The standard InChI is InChI=1S/C26H32O6/c1-17-18(12-20-16-28-9-10-29-20)11-19(27)15-32-24-14-26-25(30-7-4-8-31-26)13-23(24)22-6-3-2-5-21(17)22/h2-3,5-6,13-14,17-20,27H,4,7-12,15-16H2,1H3. The van der Waals surface area contributed by atoms with E-state index >= 15 is 0 Å². The predicted octanol–water partition coefficient (Wildman–Crippen LogP) is 4.18. The van der Waals surface area contributed by atoms with E-state index in [2.05, 4.69) is 31.2 Å². The summed E-state index contributed by atoms with van der Waals surface area (Å²) in [5.41, 5.74) is 3.34. The molecule has 1 saturated heterocycles. The van der Waals surface area contributed by atoms with E-state index in [4.69, 9.17) is 23.7 Å². The maximum absolute atomic E-state index is 10.9. The molecule has 2 aromatic carbocycles. The molecular weight excluding hydrogens is 408 g/mol. The molecule has 0 aliphatic carbocycles. The second-order valence-electron chi connectivity index (χ2n) is 8.99. The van der Waals surface area contributed by atoms with Gasteiger partial charge in [0.1, 0.15) is 12.4 Å². The van der Waals surface area contributed by atoms with Crippen LogP contribution < -0.4 is 14.2 Å². The van der Waals surface area contributed by atoms with Crippen LogP contribution in [0, 0.1) is 5.92 Å². The van der Waals surface area contributed by atoms with Gasteiger partial charge in [-0.1, -0.05) is 31.2 Å². The van der Waals surface area contributed by atoms with Gasteiger partial charge in [0.25, 0.3) is 0 Å². The van der Waals surface area contributed by atoms with Crippen LogP contribution >= 0.6 is 0 Å². The van der Waals surface area contributed by atoms with Crippen LogP contribution in [-0.4, -0.2) is 57.0 Å². The number of hydrogen-bond donors (Lipinski definition) is 1. The Morgan fingerprint density at radius 2 is 1.69 bits per heavy atom. The van der Waals surface area contributed by atoms with Crippen LogP contribution in [-0.2, 0) is 9.47 Å². The molecule has 4 atom stereocenters. The maximum atomic E-state index is 10.9. The van der Waals surface area contributed by atoms with Crippen molar-refractivity contribution < 1.29 is 28.8 Å². The quantitative estimate of drug-likeness (QED) is 0.756. The van der Waals surface area contributed by atoms with E-state index in [9.17, 15) is 5.11 Å². The molecule has 1 fully saturated rings. The molecule has 6 nitrogen and oxygen atoms in total. The van der Waals surface area contributed by atoms with Gasteiger partial charge in [0.05, 0.1) is 45.2 Å². The number of aliphatic hydroxyl groups is 1. The van der Waals surface area contributed by atoms with Gasteiger partial charge in [-0.2, -0.15) is 0 Å². The molecule has 0 radical (unpaired) electrons. The summed E-state index contributed by atoms with van der Waals surface area (Å²) in [6, 6.07) is 12.4. The van der Waals surface area contributed by atoms with Crippen molar-refractivity contribution in [3.8, 4) is 28.4 Å². The van der Waals surface area contributed by atoms with E-state index in [-0.39, 0.29) is 24.5 Å².